The summed E-state index contributed by atoms with van der Waals surface area (Å²) in [6, 6.07) is 0. The maximum Gasteiger partial charge on any atom is 0.280 e. The summed E-state index contributed by atoms with van der Waals surface area (Å²) in [5, 5.41) is 6.88. The van der Waals surface area contributed by atoms with E-state index in [4.69, 9.17) is 10.5 Å². The summed E-state index contributed by atoms with van der Waals surface area (Å²) >= 11 is 0. The lowest BCUT2D eigenvalue weighted by Gasteiger charge is -2.31. The number of nitrogen functional groups attached to an aromatic ring is 1. The lowest BCUT2D eigenvalue weighted by atomic mass is 10.1. The lowest BCUT2D eigenvalue weighted by Crippen LogP contribution is -2.43. The number of ether oxygens (including phenoxy) is 1. The number of hydrogen-bond donors (Lipinski definition) is 1. The normalized spacial score (nSPS) is 21.1. The zero-order chi connectivity index (χ0) is 11.5. The minimum atomic E-state index is -0.250. The van der Waals surface area contributed by atoms with Crippen molar-refractivity contribution in [2.45, 2.75) is 18.9 Å². The molecule has 16 heavy (non-hydrogen) atoms. The molecule has 0 spiro atoms. The standard InChI is InChI=1S/C9H14N4O3/c1-15-6-3-2-4-13(5-6)9(14)7-8(10)12-16-11-7/h6H,2-5H2,1H3,(H2,10,12). The first-order valence-electron chi connectivity index (χ1n) is 5.12. The van der Waals surface area contributed by atoms with Gasteiger partial charge in [-0.2, -0.15) is 0 Å². The number of aromatic nitrogens is 2. The Hall–Kier alpha value is -1.63. The van der Waals surface area contributed by atoms with Crippen LogP contribution in [0, 0.1) is 0 Å². The second kappa shape index (κ2) is 4.48. The molecule has 7 heteroatoms. The summed E-state index contributed by atoms with van der Waals surface area (Å²) < 4.78 is 9.64. The molecule has 1 fully saturated rings. The van der Waals surface area contributed by atoms with Crippen molar-refractivity contribution in [3.63, 3.8) is 0 Å². The van der Waals surface area contributed by atoms with Gasteiger partial charge in [0.2, 0.25) is 11.5 Å². The molecule has 1 aliphatic heterocycles. The van der Waals surface area contributed by atoms with Gasteiger partial charge in [0.25, 0.3) is 5.91 Å². The molecule has 0 aliphatic carbocycles. The molecule has 1 atom stereocenters. The van der Waals surface area contributed by atoms with Crippen LogP contribution in [0.25, 0.3) is 0 Å². The van der Waals surface area contributed by atoms with Gasteiger partial charge in [-0.05, 0) is 23.2 Å². The average Bonchev–Trinajstić information content (AvgIpc) is 2.74. The van der Waals surface area contributed by atoms with Crippen LogP contribution >= 0.6 is 0 Å². The van der Waals surface area contributed by atoms with E-state index in [0.717, 1.165) is 12.8 Å². The van der Waals surface area contributed by atoms with Crippen LogP contribution in [0.3, 0.4) is 0 Å². The molecule has 88 valence electrons. The second-order valence-corrected chi connectivity index (χ2v) is 3.75. The number of nitrogens with zero attached hydrogens (tertiary/aromatic N) is 3. The monoisotopic (exact) mass is 226 g/mol. The molecule has 1 aromatic rings. The van der Waals surface area contributed by atoms with E-state index in [1.54, 1.807) is 12.0 Å². The number of carbonyl (C=O) groups excluding carboxylic acids is 1. The number of nitrogens with two attached hydrogens (primary N) is 1. The topological polar surface area (TPSA) is 94.5 Å². The molecule has 2 rings (SSSR count). The van der Waals surface area contributed by atoms with Gasteiger partial charge in [0.05, 0.1) is 6.10 Å². The molecule has 1 aromatic heterocycles. The van der Waals surface area contributed by atoms with Gasteiger partial charge >= 0.3 is 0 Å². The fourth-order valence-electron chi connectivity index (χ4n) is 1.81. The average molecular weight is 226 g/mol. The number of methoxy groups -OCH3 is 1. The highest BCUT2D eigenvalue weighted by atomic mass is 16.6. The molecule has 1 unspecified atom stereocenters. The summed E-state index contributed by atoms with van der Waals surface area (Å²) in [4.78, 5) is 13.6. The molecule has 1 aliphatic rings. The van der Waals surface area contributed by atoms with Crippen LogP contribution in [0.1, 0.15) is 23.3 Å². The second-order valence-electron chi connectivity index (χ2n) is 3.75. The van der Waals surface area contributed by atoms with Gasteiger partial charge in [-0.1, -0.05) is 0 Å². The van der Waals surface area contributed by atoms with Gasteiger partial charge in [0, 0.05) is 20.2 Å². The highest BCUT2D eigenvalue weighted by molar-refractivity contribution is 5.96. The maximum absolute atomic E-state index is 12.0. The predicted molar refractivity (Wildman–Crippen MR) is 54.6 cm³/mol. The van der Waals surface area contributed by atoms with E-state index >= 15 is 0 Å². The van der Waals surface area contributed by atoms with Crippen LogP contribution in [0.4, 0.5) is 5.82 Å². The molecular weight excluding hydrogens is 212 g/mol. The number of amides is 1. The molecule has 2 N–H and O–H groups in total. The third-order valence-corrected chi connectivity index (χ3v) is 2.72. The summed E-state index contributed by atoms with van der Waals surface area (Å²) in [7, 11) is 1.64. The zero-order valence-electron chi connectivity index (χ0n) is 9.05. The van der Waals surface area contributed by atoms with Gasteiger partial charge in [-0.3, -0.25) is 4.79 Å². The first kappa shape index (κ1) is 10.9. The molecule has 7 nitrogen and oxygen atoms in total. The van der Waals surface area contributed by atoms with E-state index in [0.29, 0.717) is 13.1 Å². The minimum Gasteiger partial charge on any atom is -0.380 e. The van der Waals surface area contributed by atoms with Crippen molar-refractivity contribution < 1.29 is 14.2 Å². The Labute approximate surface area is 92.5 Å². The van der Waals surface area contributed by atoms with Gasteiger partial charge in [0.1, 0.15) is 0 Å². The first-order valence-corrected chi connectivity index (χ1v) is 5.12. The minimum absolute atomic E-state index is 0.0320. The molecule has 0 aromatic carbocycles. The number of rotatable bonds is 2. The Morgan fingerprint density at radius 2 is 2.44 bits per heavy atom. The van der Waals surface area contributed by atoms with E-state index in [-0.39, 0.29) is 23.5 Å². The zero-order valence-corrected chi connectivity index (χ0v) is 9.05. The number of likely N-dealkylation sites (tertiary alicyclic amines) is 1. The van der Waals surface area contributed by atoms with Crippen LogP contribution < -0.4 is 5.73 Å². The number of piperidine rings is 1. The van der Waals surface area contributed by atoms with Crippen LogP contribution in [0.5, 0.6) is 0 Å². The number of anilines is 1. The van der Waals surface area contributed by atoms with Crippen LogP contribution in [0.2, 0.25) is 0 Å². The van der Waals surface area contributed by atoms with Crippen LogP contribution in [0.15, 0.2) is 4.63 Å². The summed E-state index contributed by atoms with van der Waals surface area (Å²) in [6.45, 7) is 1.24. The molecule has 2 heterocycles. The van der Waals surface area contributed by atoms with Crippen LogP contribution in [-0.4, -0.2) is 47.4 Å². The summed E-state index contributed by atoms with van der Waals surface area (Å²) in [6.07, 6.45) is 1.96. The number of hydrogen-bond acceptors (Lipinski definition) is 6. The third kappa shape index (κ3) is 1.99. The van der Waals surface area contributed by atoms with Gasteiger partial charge in [0.15, 0.2) is 0 Å². The smallest absolute Gasteiger partial charge is 0.280 e. The van der Waals surface area contributed by atoms with Crippen molar-refractivity contribution in [2.75, 3.05) is 25.9 Å². The van der Waals surface area contributed by atoms with Crippen molar-refractivity contribution in [3.05, 3.63) is 5.69 Å². The molecule has 1 amide bonds. The molecule has 0 saturated carbocycles. The quantitative estimate of drug-likeness (QED) is 0.756. The fourth-order valence-corrected chi connectivity index (χ4v) is 1.81. The fraction of sp³-hybridized carbons (Fsp3) is 0.667. The van der Waals surface area contributed by atoms with Crippen molar-refractivity contribution in [1.82, 2.24) is 15.2 Å². The largest absolute Gasteiger partial charge is 0.380 e. The SMILES string of the molecule is COC1CCCN(C(=O)c2nonc2N)C1. The Kier molecular flexibility index (Phi) is 3.04. The summed E-state index contributed by atoms with van der Waals surface area (Å²) in [5.41, 5.74) is 5.55. The Balaban J connectivity index is 2.07. The Morgan fingerprint density at radius 3 is 3.06 bits per heavy atom. The van der Waals surface area contributed by atoms with E-state index in [1.165, 1.54) is 0 Å². The predicted octanol–water partition coefficient (Wildman–Crippen LogP) is -0.0972. The Bertz CT molecular complexity index is 379. The Morgan fingerprint density at radius 1 is 1.62 bits per heavy atom. The van der Waals surface area contributed by atoms with Gasteiger partial charge < -0.3 is 15.4 Å². The van der Waals surface area contributed by atoms with Gasteiger partial charge in [-0.15, -0.1) is 0 Å². The lowest BCUT2D eigenvalue weighted by molar-refractivity contribution is 0.0264. The van der Waals surface area contributed by atoms with Crippen molar-refractivity contribution in [1.29, 1.82) is 0 Å². The highest BCUT2D eigenvalue weighted by Crippen LogP contribution is 2.16. The highest BCUT2D eigenvalue weighted by Gasteiger charge is 2.27. The summed E-state index contributed by atoms with van der Waals surface area (Å²) in [5.74, 6) is -0.218. The van der Waals surface area contributed by atoms with E-state index in [1.807, 2.05) is 0 Å². The molecule has 0 bridgehead atoms. The van der Waals surface area contributed by atoms with E-state index < -0.39 is 0 Å². The van der Waals surface area contributed by atoms with E-state index in [2.05, 4.69) is 14.9 Å². The molecule has 0 radical (unpaired) electrons. The van der Waals surface area contributed by atoms with Crippen molar-refractivity contribution >= 4 is 11.7 Å². The van der Waals surface area contributed by atoms with E-state index in [9.17, 15) is 4.79 Å². The van der Waals surface area contributed by atoms with Crippen molar-refractivity contribution in [3.8, 4) is 0 Å². The maximum atomic E-state index is 12.0. The molecule has 1 saturated heterocycles. The van der Waals surface area contributed by atoms with Crippen LogP contribution in [-0.2, 0) is 4.74 Å². The first-order chi connectivity index (χ1) is 7.72. The third-order valence-electron chi connectivity index (χ3n) is 2.72. The van der Waals surface area contributed by atoms with Gasteiger partial charge in [-0.25, -0.2) is 4.63 Å². The molecular formula is C9H14N4O3. The van der Waals surface area contributed by atoms with Crippen molar-refractivity contribution in [2.24, 2.45) is 0 Å². The number of carbonyl (C=O) groups is 1.